The molecular weight excluding hydrogens is 464 g/mol. The van der Waals surface area contributed by atoms with Gasteiger partial charge in [0.2, 0.25) is 21.8 Å². The fourth-order valence-corrected chi connectivity index (χ4v) is 6.29. The molecule has 2 aliphatic heterocycles. The van der Waals surface area contributed by atoms with Gasteiger partial charge in [0, 0.05) is 12.5 Å². The van der Waals surface area contributed by atoms with Gasteiger partial charge in [-0.3, -0.25) is 19.1 Å². The summed E-state index contributed by atoms with van der Waals surface area (Å²) in [6, 6.07) is -1.79. The summed E-state index contributed by atoms with van der Waals surface area (Å²) in [6.45, 7) is 0.313. The van der Waals surface area contributed by atoms with Gasteiger partial charge >= 0.3 is 6.09 Å². The zero-order valence-corrected chi connectivity index (χ0v) is 19.8. The quantitative estimate of drug-likeness (QED) is 0.415. The van der Waals surface area contributed by atoms with Crippen LogP contribution in [0.15, 0.2) is 12.2 Å². The molecule has 4 amide bonds. The van der Waals surface area contributed by atoms with Crippen molar-refractivity contribution in [3.05, 3.63) is 12.2 Å². The first kappa shape index (κ1) is 24.5. The van der Waals surface area contributed by atoms with Gasteiger partial charge in [-0.15, -0.1) is 0 Å². The van der Waals surface area contributed by atoms with E-state index in [-0.39, 0.29) is 12.3 Å². The Kier molecular flexibility index (Phi) is 6.88. The van der Waals surface area contributed by atoms with Gasteiger partial charge in [-0.2, -0.15) is 0 Å². The van der Waals surface area contributed by atoms with Crippen molar-refractivity contribution in [2.75, 3.05) is 6.54 Å². The summed E-state index contributed by atoms with van der Waals surface area (Å²) >= 11 is 0. The number of carbonyl (C=O) groups is 4. The molecule has 0 aromatic carbocycles. The van der Waals surface area contributed by atoms with Crippen LogP contribution in [0.2, 0.25) is 0 Å². The van der Waals surface area contributed by atoms with Crippen molar-refractivity contribution in [2.24, 2.45) is 5.92 Å². The second-order valence-electron chi connectivity index (χ2n) is 9.70. The molecule has 2 aliphatic carbocycles. The standard InChI is InChI=1S/C22H32N4O7S/c27-18-17-9-6-12-26(17)19(28)16(23-21(30)31)8-5-3-1-2-4-7-14-13-22(14,24-18)20(29)25-34(32,33)15-10-11-15/h4,7,14-17,23H,1-3,5-6,8-13H2,(H,24,27)(H,25,29)(H,30,31). The number of fused-ring (bicyclic) bond motifs is 2. The number of hydrogen-bond donors (Lipinski definition) is 4. The van der Waals surface area contributed by atoms with Gasteiger partial charge < -0.3 is 20.6 Å². The molecule has 0 aromatic rings. The summed E-state index contributed by atoms with van der Waals surface area (Å²) in [5, 5.41) is 13.7. The number of nitrogens with one attached hydrogen (secondary N) is 3. The molecule has 4 aliphatic rings. The van der Waals surface area contributed by atoms with Crippen molar-refractivity contribution in [2.45, 2.75) is 87.1 Å². The maximum atomic E-state index is 13.3. The number of carbonyl (C=O) groups excluding carboxylic acids is 3. The minimum atomic E-state index is -3.78. The molecule has 12 heteroatoms. The molecule has 4 unspecified atom stereocenters. The summed E-state index contributed by atoms with van der Waals surface area (Å²) in [4.78, 5) is 52.2. The minimum absolute atomic E-state index is 0.283. The van der Waals surface area contributed by atoms with Crippen LogP contribution in [0.1, 0.15) is 64.2 Å². The molecule has 188 valence electrons. The second kappa shape index (κ2) is 9.55. The highest BCUT2D eigenvalue weighted by atomic mass is 32.2. The smallest absolute Gasteiger partial charge is 0.405 e. The molecular formula is C22H32N4O7S. The lowest BCUT2D eigenvalue weighted by atomic mass is 10.1. The summed E-state index contributed by atoms with van der Waals surface area (Å²) in [5.41, 5.74) is -1.37. The van der Waals surface area contributed by atoms with Gasteiger partial charge in [-0.25, -0.2) is 13.2 Å². The largest absolute Gasteiger partial charge is 0.465 e. The zero-order chi connectivity index (χ0) is 24.5. The van der Waals surface area contributed by atoms with E-state index in [9.17, 15) is 32.7 Å². The normalized spacial score (nSPS) is 32.5. The highest BCUT2D eigenvalue weighted by Gasteiger charge is 2.61. The topological polar surface area (TPSA) is 162 Å². The van der Waals surface area contributed by atoms with Crippen LogP contribution in [0.3, 0.4) is 0 Å². The molecule has 3 fully saturated rings. The minimum Gasteiger partial charge on any atom is -0.465 e. The first-order chi connectivity index (χ1) is 16.1. The maximum Gasteiger partial charge on any atom is 0.405 e. The molecule has 2 saturated carbocycles. The molecule has 0 bridgehead atoms. The molecule has 11 nitrogen and oxygen atoms in total. The number of amides is 4. The second-order valence-corrected chi connectivity index (χ2v) is 11.7. The lowest BCUT2D eigenvalue weighted by Crippen LogP contribution is -2.58. The van der Waals surface area contributed by atoms with Crippen molar-refractivity contribution in [1.29, 1.82) is 0 Å². The van der Waals surface area contributed by atoms with Crippen LogP contribution in [-0.4, -0.2) is 71.7 Å². The van der Waals surface area contributed by atoms with Crippen LogP contribution in [0.4, 0.5) is 4.79 Å². The molecule has 4 atom stereocenters. The summed E-state index contributed by atoms with van der Waals surface area (Å²) in [5.74, 6) is -2.05. The Morgan fingerprint density at radius 1 is 1.09 bits per heavy atom. The van der Waals surface area contributed by atoms with E-state index in [0.29, 0.717) is 45.1 Å². The summed E-state index contributed by atoms with van der Waals surface area (Å²) in [6.07, 6.45) is 8.09. The van der Waals surface area contributed by atoms with E-state index in [1.165, 1.54) is 4.90 Å². The van der Waals surface area contributed by atoms with E-state index in [1.807, 2.05) is 12.2 Å². The number of nitrogens with zero attached hydrogens (tertiary/aromatic N) is 1. The molecule has 0 spiro atoms. The maximum absolute atomic E-state index is 13.3. The molecule has 4 N–H and O–H groups in total. The van der Waals surface area contributed by atoms with E-state index in [4.69, 9.17) is 0 Å². The Balaban J connectivity index is 1.56. The fraction of sp³-hybridized carbons (Fsp3) is 0.727. The monoisotopic (exact) mass is 496 g/mol. The van der Waals surface area contributed by atoms with E-state index in [2.05, 4.69) is 15.4 Å². The number of sulfonamides is 1. The number of hydrogen-bond acceptors (Lipinski definition) is 6. The molecule has 0 aromatic heterocycles. The molecule has 34 heavy (non-hydrogen) atoms. The zero-order valence-electron chi connectivity index (χ0n) is 19.0. The Hall–Kier alpha value is -2.63. The molecule has 1 saturated heterocycles. The van der Waals surface area contributed by atoms with Gasteiger partial charge in [-0.1, -0.05) is 25.0 Å². The van der Waals surface area contributed by atoms with Gasteiger partial charge in [0.15, 0.2) is 0 Å². The Morgan fingerprint density at radius 3 is 2.56 bits per heavy atom. The third kappa shape index (κ3) is 5.21. The van der Waals surface area contributed by atoms with Crippen molar-refractivity contribution in [3.8, 4) is 0 Å². The van der Waals surface area contributed by atoms with E-state index >= 15 is 0 Å². The van der Waals surface area contributed by atoms with Crippen LogP contribution in [-0.2, 0) is 24.4 Å². The third-order valence-electron chi connectivity index (χ3n) is 7.13. The van der Waals surface area contributed by atoms with Crippen LogP contribution >= 0.6 is 0 Å². The van der Waals surface area contributed by atoms with Crippen LogP contribution < -0.4 is 15.4 Å². The lowest BCUT2D eigenvalue weighted by Gasteiger charge is -2.29. The average molecular weight is 497 g/mol. The highest BCUT2D eigenvalue weighted by Crippen LogP contribution is 2.46. The van der Waals surface area contributed by atoms with Crippen LogP contribution in [0.5, 0.6) is 0 Å². The van der Waals surface area contributed by atoms with Gasteiger partial charge in [0.25, 0.3) is 5.91 Å². The summed E-state index contributed by atoms with van der Waals surface area (Å²) < 4.78 is 26.9. The van der Waals surface area contributed by atoms with Gasteiger partial charge in [0.05, 0.1) is 5.25 Å². The fourth-order valence-electron chi connectivity index (χ4n) is 4.92. The van der Waals surface area contributed by atoms with E-state index in [1.54, 1.807) is 0 Å². The van der Waals surface area contributed by atoms with Crippen molar-refractivity contribution in [1.82, 2.24) is 20.3 Å². The highest BCUT2D eigenvalue weighted by molar-refractivity contribution is 7.91. The Morgan fingerprint density at radius 2 is 1.85 bits per heavy atom. The lowest BCUT2D eigenvalue weighted by molar-refractivity contribution is -0.141. The molecule has 4 rings (SSSR count). The first-order valence-corrected chi connectivity index (χ1v) is 13.5. The Bertz CT molecular complexity index is 993. The summed E-state index contributed by atoms with van der Waals surface area (Å²) in [7, 11) is -3.78. The first-order valence-electron chi connectivity index (χ1n) is 12.0. The SMILES string of the molecule is O=C(O)NC1CCCCCC=CC2CC2(C(=O)NS(=O)(=O)C2CC2)NC(=O)C2CCCN2C1=O. The van der Waals surface area contributed by atoms with Gasteiger partial charge in [0.1, 0.15) is 17.6 Å². The number of allylic oxidation sites excluding steroid dienone is 1. The van der Waals surface area contributed by atoms with E-state index < -0.39 is 56.7 Å². The van der Waals surface area contributed by atoms with Crippen molar-refractivity contribution >= 4 is 33.8 Å². The molecule has 2 heterocycles. The number of rotatable bonds is 4. The number of carboxylic acid groups (broad SMARTS) is 1. The average Bonchev–Trinajstić information content (AvgIpc) is 3.68. The van der Waals surface area contributed by atoms with E-state index in [0.717, 1.165) is 19.3 Å². The third-order valence-corrected chi connectivity index (χ3v) is 8.95. The predicted molar refractivity (Wildman–Crippen MR) is 121 cm³/mol. The molecule has 0 radical (unpaired) electrons. The van der Waals surface area contributed by atoms with Crippen molar-refractivity contribution < 1.29 is 32.7 Å². The van der Waals surface area contributed by atoms with Crippen molar-refractivity contribution in [3.63, 3.8) is 0 Å². The predicted octanol–water partition coefficient (Wildman–Crippen LogP) is 0.617. The van der Waals surface area contributed by atoms with Crippen LogP contribution in [0, 0.1) is 5.92 Å². The van der Waals surface area contributed by atoms with Crippen LogP contribution in [0.25, 0.3) is 0 Å². The van der Waals surface area contributed by atoms with Gasteiger partial charge in [-0.05, 0) is 51.4 Å². The Labute approximate surface area is 198 Å².